The summed E-state index contributed by atoms with van der Waals surface area (Å²) >= 11 is 0. The predicted octanol–water partition coefficient (Wildman–Crippen LogP) is 1.21. The maximum atomic E-state index is 11.8. The van der Waals surface area contributed by atoms with E-state index >= 15 is 0 Å². The first-order valence-electron chi connectivity index (χ1n) is 6.65. The van der Waals surface area contributed by atoms with E-state index in [0.717, 1.165) is 11.0 Å². The van der Waals surface area contributed by atoms with Gasteiger partial charge in [-0.05, 0) is 19.4 Å². The number of nitro groups is 1. The summed E-state index contributed by atoms with van der Waals surface area (Å²) < 4.78 is 4.82. The van der Waals surface area contributed by atoms with Gasteiger partial charge in [-0.3, -0.25) is 24.6 Å². The van der Waals surface area contributed by atoms with E-state index in [2.05, 4.69) is 0 Å². The highest BCUT2D eigenvalue weighted by molar-refractivity contribution is 5.98. The van der Waals surface area contributed by atoms with E-state index in [1.165, 1.54) is 12.1 Å². The molecule has 2 amide bonds. The molecule has 0 saturated carbocycles. The number of nitro benzene ring substituents is 1. The fourth-order valence-corrected chi connectivity index (χ4v) is 2.13. The summed E-state index contributed by atoms with van der Waals surface area (Å²) in [7, 11) is 0. The Morgan fingerprint density at radius 3 is 2.73 bits per heavy atom. The molecule has 22 heavy (non-hydrogen) atoms. The number of carbonyl (C=O) groups is 3. The fraction of sp³-hybridized carbons (Fsp3) is 0.357. The largest absolute Gasteiger partial charge is 0.452 e. The second-order valence-electron chi connectivity index (χ2n) is 4.88. The Balaban J connectivity index is 2.00. The molecular weight excluding hydrogens is 292 g/mol. The van der Waals surface area contributed by atoms with Crippen LogP contribution < -0.4 is 0 Å². The van der Waals surface area contributed by atoms with Gasteiger partial charge in [0.2, 0.25) is 5.91 Å². The second-order valence-corrected chi connectivity index (χ2v) is 4.88. The first-order valence-corrected chi connectivity index (χ1v) is 6.65. The van der Waals surface area contributed by atoms with Crippen molar-refractivity contribution in [3.05, 3.63) is 39.4 Å². The number of amides is 2. The van der Waals surface area contributed by atoms with E-state index in [1.54, 1.807) is 6.92 Å². The summed E-state index contributed by atoms with van der Waals surface area (Å²) in [4.78, 5) is 46.2. The molecule has 0 atom stereocenters. The predicted molar refractivity (Wildman–Crippen MR) is 74.1 cm³/mol. The normalized spacial score (nSPS) is 14.0. The van der Waals surface area contributed by atoms with E-state index in [1.807, 2.05) is 0 Å². The molecule has 0 unspecified atom stereocenters. The van der Waals surface area contributed by atoms with Crippen molar-refractivity contribution in [1.82, 2.24) is 4.90 Å². The van der Waals surface area contributed by atoms with Crippen LogP contribution in [0.15, 0.2) is 18.2 Å². The third-order valence-electron chi connectivity index (χ3n) is 3.34. The molecule has 1 aliphatic rings. The number of rotatable bonds is 4. The minimum Gasteiger partial charge on any atom is -0.452 e. The van der Waals surface area contributed by atoms with Crippen LogP contribution in [0.3, 0.4) is 0 Å². The summed E-state index contributed by atoms with van der Waals surface area (Å²) in [6.07, 6.45) is 0.909. The number of nitrogens with zero attached hydrogens (tertiary/aromatic N) is 2. The lowest BCUT2D eigenvalue weighted by molar-refractivity contribution is -0.385. The highest BCUT2D eigenvalue weighted by atomic mass is 16.6. The molecule has 8 heteroatoms. The van der Waals surface area contributed by atoms with Gasteiger partial charge in [0.05, 0.1) is 10.5 Å². The molecule has 116 valence electrons. The van der Waals surface area contributed by atoms with Crippen LogP contribution in [0.25, 0.3) is 0 Å². The zero-order valence-corrected chi connectivity index (χ0v) is 11.9. The van der Waals surface area contributed by atoms with E-state index in [0.29, 0.717) is 24.9 Å². The number of esters is 1. The summed E-state index contributed by atoms with van der Waals surface area (Å²) in [5, 5.41) is 10.8. The molecule has 0 spiro atoms. The van der Waals surface area contributed by atoms with Crippen molar-refractivity contribution in [2.24, 2.45) is 0 Å². The van der Waals surface area contributed by atoms with Gasteiger partial charge in [-0.1, -0.05) is 6.07 Å². The van der Waals surface area contributed by atoms with Crippen LogP contribution in [0.4, 0.5) is 5.69 Å². The van der Waals surface area contributed by atoms with Crippen LogP contribution >= 0.6 is 0 Å². The topological polar surface area (TPSA) is 107 Å². The standard InChI is InChI=1S/C14H14N2O6/c1-9-4-5-10(7-11(9)16(20)21)14(19)22-8-13(18)15-6-2-3-12(15)17/h4-5,7H,2-3,6,8H2,1H3. The van der Waals surface area contributed by atoms with Gasteiger partial charge in [-0.2, -0.15) is 0 Å². The molecule has 0 aromatic heterocycles. The maximum Gasteiger partial charge on any atom is 0.338 e. The number of hydrogen-bond donors (Lipinski definition) is 0. The molecule has 0 aliphatic carbocycles. The van der Waals surface area contributed by atoms with Crippen molar-refractivity contribution in [3.8, 4) is 0 Å². The number of imide groups is 1. The lowest BCUT2D eigenvalue weighted by Crippen LogP contribution is -2.35. The van der Waals surface area contributed by atoms with E-state index in [4.69, 9.17) is 4.74 Å². The summed E-state index contributed by atoms with van der Waals surface area (Å²) in [6.45, 7) is 1.31. The molecule has 1 aromatic carbocycles. The Hall–Kier alpha value is -2.77. The minimum atomic E-state index is -0.844. The molecule has 8 nitrogen and oxygen atoms in total. The molecule has 1 aromatic rings. The lowest BCUT2D eigenvalue weighted by Gasteiger charge is -2.13. The van der Waals surface area contributed by atoms with E-state index in [-0.39, 0.29) is 17.2 Å². The Bertz CT molecular complexity index is 655. The lowest BCUT2D eigenvalue weighted by atomic mass is 10.1. The van der Waals surface area contributed by atoms with Crippen molar-refractivity contribution < 1.29 is 24.0 Å². The second kappa shape index (κ2) is 6.33. The minimum absolute atomic E-state index is 0.0159. The Morgan fingerprint density at radius 2 is 2.14 bits per heavy atom. The van der Waals surface area contributed by atoms with Gasteiger partial charge in [0, 0.05) is 24.6 Å². The highest BCUT2D eigenvalue weighted by Crippen LogP contribution is 2.19. The molecule has 1 aliphatic heterocycles. The third-order valence-corrected chi connectivity index (χ3v) is 3.34. The zero-order chi connectivity index (χ0) is 16.3. The monoisotopic (exact) mass is 306 g/mol. The number of carbonyl (C=O) groups excluding carboxylic acids is 3. The Kier molecular flexibility index (Phi) is 4.50. The quantitative estimate of drug-likeness (QED) is 0.470. The van der Waals surface area contributed by atoms with E-state index in [9.17, 15) is 24.5 Å². The highest BCUT2D eigenvalue weighted by Gasteiger charge is 2.27. The molecule has 0 radical (unpaired) electrons. The fourth-order valence-electron chi connectivity index (χ4n) is 2.13. The van der Waals surface area contributed by atoms with Crippen LogP contribution in [0.5, 0.6) is 0 Å². The SMILES string of the molecule is Cc1ccc(C(=O)OCC(=O)N2CCCC2=O)cc1[N+](=O)[O-]. The maximum absolute atomic E-state index is 11.8. The van der Waals surface area contributed by atoms with Crippen molar-refractivity contribution >= 4 is 23.5 Å². The number of hydrogen-bond acceptors (Lipinski definition) is 6. The van der Waals surface area contributed by atoms with Crippen LogP contribution in [0.1, 0.15) is 28.8 Å². The Morgan fingerprint density at radius 1 is 1.41 bits per heavy atom. The van der Waals surface area contributed by atoms with Gasteiger partial charge in [0.25, 0.3) is 11.6 Å². The third kappa shape index (κ3) is 3.27. The molecule has 1 fully saturated rings. The number of benzene rings is 1. The average molecular weight is 306 g/mol. The summed E-state index contributed by atoms with van der Waals surface area (Å²) in [5.41, 5.74) is 0.202. The number of ether oxygens (including phenoxy) is 1. The van der Waals surface area contributed by atoms with Crippen LogP contribution in [-0.4, -0.2) is 40.8 Å². The van der Waals surface area contributed by atoms with Gasteiger partial charge in [0.15, 0.2) is 6.61 Å². The van der Waals surface area contributed by atoms with Gasteiger partial charge in [-0.15, -0.1) is 0 Å². The van der Waals surface area contributed by atoms with Crippen molar-refractivity contribution in [3.63, 3.8) is 0 Å². The zero-order valence-electron chi connectivity index (χ0n) is 11.9. The van der Waals surface area contributed by atoms with Crippen molar-refractivity contribution in [2.45, 2.75) is 19.8 Å². The summed E-state index contributed by atoms with van der Waals surface area (Å²) in [5.74, 6) is -1.72. The van der Waals surface area contributed by atoms with Crippen LogP contribution in [0, 0.1) is 17.0 Å². The average Bonchev–Trinajstić information content (AvgIpc) is 2.90. The van der Waals surface area contributed by atoms with Crippen molar-refractivity contribution in [2.75, 3.05) is 13.2 Å². The van der Waals surface area contributed by atoms with Crippen LogP contribution in [0.2, 0.25) is 0 Å². The molecule has 0 N–H and O–H groups in total. The Labute approximate surface area is 125 Å². The molecule has 0 bridgehead atoms. The van der Waals surface area contributed by atoms with Gasteiger partial charge < -0.3 is 4.74 Å². The molecule has 1 heterocycles. The van der Waals surface area contributed by atoms with Gasteiger partial charge in [0.1, 0.15) is 0 Å². The van der Waals surface area contributed by atoms with Gasteiger partial charge in [-0.25, -0.2) is 4.79 Å². The first-order chi connectivity index (χ1) is 10.4. The van der Waals surface area contributed by atoms with Crippen molar-refractivity contribution in [1.29, 1.82) is 0 Å². The molecule has 1 saturated heterocycles. The molecular formula is C14H14N2O6. The van der Waals surface area contributed by atoms with Crippen LogP contribution in [-0.2, 0) is 14.3 Å². The molecule has 2 rings (SSSR count). The van der Waals surface area contributed by atoms with Gasteiger partial charge >= 0.3 is 5.97 Å². The number of aryl methyl sites for hydroxylation is 1. The van der Waals surface area contributed by atoms with E-state index < -0.39 is 23.4 Å². The number of likely N-dealkylation sites (tertiary alicyclic amines) is 1. The smallest absolute Gasteiger partial charge is 0.338 e. The first kappa shape index (κ1) is 15.6. The summed E-state index contributed by atoms with van der Waals surface area (Å²) in [6, 6.07) is 3.92.